The molecule has 5 nitrogen and oxygen atoms in total. The van der Waals surface area contributed by atoms with Gasteiger partial charge in [-0.1, -0.05) is 53.5 Å². The second kappa shape index (κ2) is 9.85. The number of nitrogens with zero attached hydrogens (tertiary/aromatic N) is 3. The molecule has 2 aromatic rings. The summed E-state index contributed by atoms with van der Waals surface area (Å²) in [6.45, 7) is 4.82. The van der Waals surface area contributed by atoms with Crippen LogP contribution in [0, 0.1) is 0 Å². The van der Waals surface area contributed by atoms with Crippen LogP contribution in [-0.2, 0) is 11.3 Å². The van der Waals surface area contributed by atoms with Gasteiger partial charge in [0.15, 0.2) is 0 Å². The molecule has 7 heteroatoms. The number of nitrogens with one attached hydrogen (secondary N) is 1. The Balaban J connectivity index is 1.39. The van der Waals surface area contributed by atoms with Crippen molar-refractivity contribution in [2.45, 2.75) is 6.54 Å². The van der Waals surface area contributed by atoms with Crippen molar-refractivity contribution < 1.29 is 4.79 Å². The molecule has 0 atom stereocenters. The number of hydrogen-bond acceptors (Lipinski definition) is 4. The zero-order chi connectivity index (χ0) is 19.1. The van der Waals surface area contributed by atoms with E-state index in [9.17, 15) is 4.79 Å². The fourth-order valence-corrected chi connectivity index (χ4v) is 3.26. The minimum Gasteiger partial charge on any atom is -0.297 e. The van der Waals surface area contributed by atoms with Gasteiger partial charge in [0.1, 0.15) is 0 Å². The first kappa shape index (κ1) is 19.8. The summed E-state index contributed by atoms with van der Waals surface area (Å²) < 4.78 is 0. The molecule has 1 N–H and O–H groups in total. The fraction of sp³-hybridized carbons (Fsp3) is 0.300. The normalized spacial score (nSPS) is 15.9. The monoisotopic (exact) mass is 404 g/mol. The minimum absolute atomic E-state index is 0.121. The topological polar surface area (TPSA) is 47.9 Å². The van der Waals surface area contributed by atoms with E-state index in [1.165, 1.54) is 5.56 Å². The zero-order valence-corrected chi connectivity index (χ0v) is 16.5. The molecule has 0 aliphatic carbocycles. The second-order valence-corrected chi connectivity index (χ2v) is 7.34. The summed E-state index contributed by atoms with van der Waals surface area (Å²) in [6.07, 6.45) is 1.56. The molecule has 1 aliphatic heterocycles. The van der Waals surface area contributed by atoms with Crippen LogP contribution in [0.15, 0.2) is 53.6 Å². The minimum atomic E-state index is -0.121. The van der Waals surface area contributed by atoms with Gasteiger partial charge in [-0.25, -0.2) is 5.43 Å². The van der Waals surface area contributed by atoms with Gasteiger partial charge < -0.3 is 0 Å². The van der Waals surface area contributed by atoms with Gasteiger partial charge in [0.2, 0.25) is 0 Å². The van der Waals surface area contributed by atoms with E-state index in [1.807, 2.05) is 30.3 Å². The average Bonchev–Trinajstić information content (AvgIpc) is 2.67. The van der Waals surface area contributed by atoms with Crippen LogP contribution in [0.4, 0.5) is 0 Å². The Morgan fingerprint density at radius 3 is 2.37 bits per heavy atom. The Bertz CT molecular complexity index is 787. The summed E-state index contributed by atoms with van der Waals surface area (Å²) in [4.78, 5) is 16.6. The Morgan fingerprint density at radius 2 is 1.67 bits per heavy atom. The SMILES string of the molecule is O=C(CN1CCN(Cc2ccc(Cl)cc2)CC1)NN=Cc1ccccc1Cl. The molecule has 2 aromatic carbocycles. The predicted octanol–water partition coefficient (Wildman–Crippen LogP) is 3.26. The maximum atomic E-state index is 12.1. The van der Waals surface area contributed by atoms with Crippen LogP contribution in [0.1, 0.15) is 11.1 Å². The van der Waals surface area contributed by atoms with Crippen LogP contribution in [0.3, 0.4) is 0 Å². The van der Waals surface area contributed by atoms with Crippen molar-refractivity contribution in [3.8, 4) is 0 Å². The predicted molar refractivity (Wildman–Crippen MR) is 110 cm³/mol. The second-order valence-electron chi connectivity index (χ2n) is 6.49. The van der Waals surface area contributed by atoms with Gasteiger partial charge in [0.25, 0.3) is 5.91 Å². The van der Waals surface area contributed by atoms with E-state index in [4.69, 9.17) is 23.2 Å². The Labute approximate surface area is 169 Å². The van der Waals surface area contributed by atoms with Crippen LogP contribution in [0.25, 0.3) is 0 Å². The van der Waals surface area contributed by atoms with Gasteiger partial charge in [-0.3, -0.25) is 14.6 Å². The largest absolute Gasteiger partial charge is 0.297 e. The van der Waals surface area contributed by atoms with Gasteiger partial charge in [-0.05, 0) is 23.8 Å². The van der Waals surface area contributed by atoms with Crippen molar-refractivity contribution in [3.63, 3.8) is 0 Å². The lowest BCUT2D eigenvalue weighted by Crippen LogP contribution is -2.48. The summed E-state index contributed by atoms with van der Waals surface area (Å²) in [5.41, 5.74) is 4.59. The molecule has 1 heterocycles. The average molecular weight is 405 g/mol. The molecule has 1 saturated heterocycles. The number of hydrogen-bond donors (Lipinski definition) is 1. The molecule has 3 rings (SSSR count). The highest BCUT2D eigenvalue weighted by Crippen LogP contribution is 2.13. The van der Waals surface area contributed by atoms with Gasteiger partial charge >= 0.3 is 0 Å². The van der Waals surface area contributed by atoms with Crippen LogP contribution in [0.5, 0.6) is 0 Å². The van der Waals surface area contributed by atoms with Crippen LogP contribution >= 0.6 is 23.2 Å². The van der Waals surface area contributed by atoms with Crippen molar-refractivity contribution in [1.82, 2.24) is 15.2 Å². The summed E-state index contributed by atoms with van der Waals surface area (Å²) in [7, 11) is 0. The number of piperazine rings is 1. The zero-order valence-electron chi connectivity index (χ0n) is 14.9. The highest BCUT2D eigenvalue weighted by atomic mass is 35.5. The van der Waals surface area contributed by atoms with E-state index < -0.39 is 0 Å². The Morgan fingerprint density at radius 1 is 1.00 bits per heavy atom. The van der Waals surface area contributed by atoms with Gasteiger partial charge in [-0.15, -0.1) is 0 Å². The Kier molecular flexibility index (Phi) is 7.24. The van der Waals surface area contributed by atoms with Crippen molar-refractivity contribution in [2.24, 2.45) is 5.10 Å². The van der Waals surface area contributed by atoms with E-state index in [2.05, 4.69) is 32.5 Å². The van der Waals surface area contributed by atoms with E-state index in [-0.39, 0.29) is 5.91 Å². The maximum Gasteiger partial charge on any atom is 0.254 e. The first-order chi connectivity index (χ1) is 13.1. The van der Waals surface area contributed by atoms with E-state index in [0.717, 1.165) is 43.3 Å². The fourth-order valence-electron chi connectivity index (χ4n) is 2.95. The molecule has 0 spiro atoms. The standard InChI is InChI=1S/C20H22Cl2N4O/c21-18-7-5-16(6-8-18)14-25-9-11-26(12-10-25)15-20(27)24-23-13-17-3-1-2-4-19(17)22/h1-8,13H,9-12,14-15H2,(H,24,27). The number of benzene rings is 2. The smallest absolute Gasteiger partial charge is 0.254 e. The third-order valence-electron chi connectivity index (χ3n) is 4.45. The molecule has 1 amide bonds. The molecule has 0 saturated carbocycles. The lowest BCUT2D eigenvalue weighted by Gasteiger charge is -2.34. The van der Waals surface area contributed by atoms with Crippen molar-refractivity contribution in [2.75, 3.05) is 32.7 Å². The first-order valence-corrected chi connectivity index (χ1v) is 9.61. The molecule has 0 bridgehead atoms. The van der Waals surface area contributed by atoms with E-state index in [1.54, 1.807) is 12.3 Å². The number of hydrazone groups is 1. The maximum absolute atomic E-state index is 12.1. The molecule has 1 fully saturated rings. The van der Waals surface area contributed by atoms with Crippen LogP contribution in [-0.4, -0.2) is 54.6 Å². The third-order valence-corrected chi connectivity index (χ3v) is 5.05. The lowest BCUT2D eigenvalue weighted by atomic mass is 10.2. The van der Waals surface area contributed by atoms with Gasteiger partial charge in [0.05, 0.1) is 12.8 Å². The van der Waals surface area contributed by atoms with Gasteiger partial charge in [-0.2, -0.15) is 5.10 Å². The summed E-state index contributed by atoms with van der Waals surface area (Å²) in [6, 6.07) is 15.3. The third kappa shape index (κ3) is 6.33. The summed E-state index contributed by atoms with van der Waals surface area (Å²) in [5.74, 6) is -0.121. The quantitative estimate of drug-likeness (QED) is 0.593. The van der Waals surface area contributed by atoms with Crippen LogP contribution in [0.2, 0.25) is 10.0 Å². The van der Waals surface area contributed by atoms with Crippen molar-refractivity contribution >= 4 is 35.3 Å². The van der Waals surface area contributed by atoms with Crippen LogP contribution < -0.4 is 5.43 Å². The van der Waals surface area contributed by atoms with Crippen molar-refractivity contribution in [1.29, 1.82) is 0 Å². The highest BCUT2D eigenvalue weighted by molar-refractivity contribution is 6.33. The summed E-state index contributed by atoms with van der Waals surface area (Å²) >= 11 is 12.0. The number of carbonyl (C=O) groups excluding carboxylic acids is 1. The van der Waals surface area contributed by atoms with E-state index in [0.29, 0.717) is 11.6 Å². The molecule has 0 radical (unpaired) electrons. The van der Waals surface area contributed by atoms with Gasteiger partial charge in [0, 0.05) is 48.3 Å². The highest BCUT2D eigenvalue weighted by Gasteiger charge is 2.18. The summed E-state index contributed by atoms with van der Waals surface area (Å²) in [5, 5.41) is 5.35. The number of halogens is 2. The molecular formula is C20H22Cl2N4O. The molecule has 142 valence electrons. The molecule has 0 unspecified atom stereocenters. The number of carbonyl (C=O) groups is 1. The lowest BCUT2D eigenvalue weighted by molar-refractivity contribution is -0.122. The Hall–Kier alpha value is -1.92. The first-order valence-electron chi connectivity index (χ1n) is 8.86. The molecule has 1 aliphatic rings. The molecule has 0 aromatic heterocycles. The molecule has 27 heavy (non-hydrogen) atoms. The molecular weight excluding hydrogens is 383 g/mol. The number of amides is 1. The number of rotatable bonds is 6. The van der Waals surface area contributed by atoms with E-state index >= 15 is 0 Å². The van der Waals surface area contributed by atoms with Crippen molar-refractivity contribution in [3.05, 3.63) is 69.7 Å².